The number of alkyl halides is 3. The molecule has 1 saturated carbocycles. The van der Waals surface area contributed by atoms with Gasteiger partial charge in [-0.1, -0.05) is 12.1 Å². The number of fused-ring (bicyclic) bond motifs is 3. The summed E-state index contributed by atoms with van der Waals surface area (Å²) in [5.41, 5.74) is 0.147. The summed E-state index contributed by atoms with van der Waals surface area (Å²) in [6, 6.07) is 6.87. The quantitative estimate of drug-likeness (QED) is 0.822. The Balaban J connectivity index is 1.37. The normalized spacial score (nSPS) is 27.9. The van der Waals surface area contributed by atoms with Crippen LogP contribution in [0.2, 0.25) is 0 Å². The molecule has 150 valence electrons. The highest BCUT2D eigenvalue weighted by Gasteiger charge is 2.60. The van der Waals surface area contributed by atoms with E-state index in [-0.39, 0.29) is 23.2 Å². The van der Waals surface area contributed by atoms with Gasteiger partial charge >= 0.3 is 6.18 Å². The van der Waals surface area contributed by atoms with Crippen LogP contribution in [0.25, 0.3) is 10.1 Å². The third-order valence-electron chi connectivity index (χ3n) is 6.39. The third kappa shape index (κ3) is 3.06. The Hall–Kier alpha value is -1.80. The molecular weight excluding hydrogens is 389 g/mol. The second-order valence-electron chi connectivity index (χ2n) is 8.07. The van der Waals surface area contributed by atoms with Gasteiger partial charge in [0.05, 0.1) is 15.6 Å². The Morgan fingerprint density at radius 3 is 2.71 bits per heavy atom. The van der Waals surface area contributed by atoms with Crippen LogP contribution >= 0.6 is 11.3 Å². The van der Waals surface area contributed by atoms with E-state index in [0.717, 1.165) is 44.2 Å². The molecule has 3 aliphatic heterocycles. The lowest BCUT2D eigenvalue weighted by Gasteiger charge is -2.52. The highest BCUT2D eigenvalue weighted by Crippen LogP contribution is 2.53. The molecule has 1 spiro atoms. The Morgan fingerprint density at radius 1 is 1.29 bits per heavy atom. The number of piperidine rings is 3. The molecule has 3 saturated heterocycles. The van der Waals surface area contributed by atoms with E-state index < -0.39 is 12.8 Å². The average molecular weight is 410 g/mol. The third-order valence-corrected chi connectivity index (χ3v) is 7.56. The molecule has 28 heavy (non-hydrogen) atoms. The van der Waals surface area contributed by atoms with Crippen LogP contribution in [0, 0.1) is 5.92 Å². The van der Waals surface area contributed by atoms with Gasteiger partial charge in [0.25, 0.3) is 5.91 Å². The maximum absolute atomic E-state index is 13.0. The first kappa shape index (κ1) is 18.2. The molecule has 1 aromatic heterocycles. The minimum Gasteiger partial charge on any atom is -0.483 e. The summed E-state index contributed by atoms with van der Waals surface area (Å²) in [4.78, 5) is 16.0. The van der Waals surface area contributed by atoms with Gasteiger partial charge in [-0.3, -0.25) is 9.69 Å². The van der Waals surface area contributed by atoms with Gasteiger partial charge < -0.3 is 10.1 Å². The minimum absolute atomic E-state index is 0.131. The second kappa shape index (κ2) is 6.35. The molecule has 8 heteroatoms. The van der Waals surface area contributed by atoms with Crippen LogP contribution in [0.3, 0.4) is 0 Å². The summed E-state index contributed by atoms with van der Waals surface area (Å²) in [5, 5.41) is 3.99. The molecule has 2 bridgehead atoms. The van der Waals surface area contributed by atoms with E-state index in [1.807, 2.05) is 0 Å². The molecule has 1 N–H and O–H groups in total. The van der Waals surface area contributed by atoms with Crippen molar-refractivity contribution in [1.82, 2.24) is 10.2 Å². The molecule has 6 rings (SSSR count). The molecular formula is C20H21F3N2O2S. The van der Waals surface area contributed by atoms with Gasteiger partial charge in [-0.2, -0.15) is 13.2 Å². The molecule has 2 aromatic rings. The van der Waals surface area contributed by atoms with Gasteiger partial charge in [0.2, 0.25) is 0 Å². The van der Waals surface area contributed by atoms with Gasteiger partial charge in [0.15, 0.2) is 6.61 Å². The monoisotopic (exact) mass is 410 g/mol. The number of benzene rings is 1. The number of hydrogen-bond acceptors (Lipinski definition) is 4. The van der Waals surface area contributed by atoms with Crippen molar-refractivity contribution in [3.05, 3.63) is 29.1 Å². The predicted octanol–water partition coefficient (Wildman–Crippen LogP) is 4.20. The molecule has 1 amide bonds. The number of halogens is 3. The number of ether oxygens (including phenoxy) is 1. The van der Waals surface area contributed by atoms with E-state index in [4.69, 9.17) is 4.74 Å². The van der Waals surface area contributed by atoms with Gasteiger partial charge in [-0.15, -0.1) is 11.3 Å². The standard InChI is InChI=1S/C20H21F3N2O2S/c21-20(22,23)11-27-14-3-1-2-13-10-15(28-16(13)14)18(26)24-17-12-4-8-25(9-5-12)19(17)6-7-19/h1-3,10,12,17H,4-9,11H2,(H,24,26)/t17-/m1/s1. The van der Waals surface area contributed by atoms with Crippen LogP contribution in [0.1, 0.15) is 35.4 Å². The summed E-state index contributed by atoms with van der Waals surface area (Å²) >= 11 is 1.19. The molecule has 1 aromatic carbocycles. The van der Waals surface area contributed by atoms with Crippen molar-refractivity contribution < 1.29 is 22.7 Å². The van der Waals surface area contributed by atoms with Crippen LogP contribution in [-0.2, 0) is 0 Å². The number of carbonyl (C=O) groups excluding carboxylic acids is 1. The van der Waals surface area contributed by atoms with Gasteiger partial charge in [0.1, 0.15) is 5.75 Å². The number of carbonyl (C=O) groups is 1. The zero-order valence-corrected chi connectivity index (χ0v) is 16.0. The van der Waals surface area contributed by atoms with Crippen LogP contribution in [-0.4, -0.2) is 48.3 Å². The van der Waals surface area contributed by atoms with Crippen molar-refractivity contribution >= 4 is 27.3 Å². The summed E-state index contributed by atoms with van der Waals surface area (Å²) in [6.07, 6.45) is 0.115. The minimum atomic E-state index is -4.39. The molecule has 0 unspecified atom stereocenters. The fourth-order valence-corrected chi connectivity index (χ4v) is 5.98. The summed E-state index contributed by atoms with van der Waals surface area (Å²) in [7, 11) is 0. The van der Waals surface area contributed by atoms with Crippen LogP contribution in [0.4, 0.5) is 13.2 Å². The van der Waals surface area contributed by atoms with Crippen LogP contribution in [0.5, 0.6) is 5.75 Å². The SMILES string of the molecule is O=C(N[C@@H]1C2CCN(CC2)C12CC2)c1cc2cccc(OCC(F)(F)F)c2s1. The van der Waals surface area contributed by atoms with Crippen molar-refractivity contribution in [2.75, 3.05) is 19.7 Å². The summed E-state index contributed by atoms with van der Waals surface area (Å²) in [5.74, 6) is 0.560. The number of hydrogen-bond donors (Lipinski definition) is 1. The molecule has 1 aliphatic carbocycles. The molecule has 4 heterocycles. The maximum Gasteiger partial charge on any atom is 0.422 e. The fraction of sp³-hybridized carbons (Fsp3) is 0.550. The zero-order chi connectivity index (χ0) is 19.5. The van der Waals surface area contributed by atoms with Crippen molar-refractivity contribution in [2.24, 2.45) is 5.92 Å². The molecule has 4 nitrogen and oxygen atoms in total. The van der Waals surface area contributed by atoms with Crippen molar-refractivity contribution in [2.45, 2.75) is 43.4 Å². The van der Waals surface area contributed by atoms with Crippen LogP contribution < -0.4 is 10.1 Å². The lowest BCUT2D eigenvalue weighted by Crippen LogP contribution is -2.65. The summed E-state index contributed by atoms with van der Waals surface area (Å²) < 4.78 is 43.0. The molecule has 4 fully saturated rings. The topological polar surface area (TPSA) is 41.6 Å². The van der Waals surface area contributed by atoms with Crippen molar-refractivity contribution in [3.8, 4) is 5.75 Å². The number of nitrogens with zero attached hydrogens (tertiary/aromatic N) is 1. The van der Waals surface area contributed by atoms with Crippen LogP contribution in [0.15, 0.2) is 24.3 Å². The lowest BCUT2D eigenvalue weighted by molar-refractivity contribution is -0.153. The van der Waals surface area contributed by atoms with E-state index >= 15 is 0 Å². The molecule has 1 atom stereocenters. The maximum atomic E-state index is 13.0. The number of nitrogens with one attached hydrogen (secondary N) is 1. The number of thiophene rings is 1. The highest BCUT2D eigenvalue weighted by atomic mass is 32.1. The van der Waals surface area contributed by atoms with E-state index in [1.165, 1.54) is 17.4 Å². The largest absolute Gasteiger partial charge is 0.483 e. The Morgan fingerprint density at radius 2 is 2.04 bits per heavy atom. The highest BCUT2D eigenvalue weighted by molar-refractivity contribution is 7.21. The number of amides is 1. The van der Waals surface area contributed by atoms with E-state index in [2.05, 4.69) is 10.2 Å². The smallest absolute Gasteiger partial charge is 0.422 e. The van der Waals surface area contributed by atoms with E-state index in [9.17, 15) is 18.0 Å². The molecule has 4 aliphatic rings. The average Bonchev–Trinajstić information content (AvgIpc) is 3.31. The second-order valence-corrected chi connectivity index (χ2v) is 9.12. The summed E-state index contributed by atoms with van der Waals surface area (Å²) in [6.45, 7) is 0.910. The van der Waals surface area contributed by atoms with Gasteiger partial charge in [-0.05, 0) is 62.2 Å². The Kier molecular flexibility index (Phi) is 4.14. The molecule has 0 radical (unpaired) electrons. The first-order valence-electron chi connectivity index (χ1n) is 9.64. The Bertz CT molecular complexity index is 914. The van der Waals surface area contributed by atoms with Gasteiger partial charge in [0, 0.05) is 5.54 Å². The Labute approximate surface area is 164 Å². The van der Waals surface area contributed by atoms with E-state index in [1.54, 1.807) is 18.2 Å². The number of rotatable bonds is 4. The first-order valence-corrected chi connectivity index (χ1v) is 10.5. The van der Waals surface area contributed by atoms with Crippen molar-refractivity contribution in [3.63, 3.8) is 0 Å². The first-order chi connectivity index (χ1) is 13.4. The van der Waals surface area contributed by atoms with Crippen molar-refractivity contribution in [1.29, 1.82) is 0 Å². The predicted molar refractivity (Wildman–Crippen MR) is 101 cm³/mol. The van der Waals surface area contributed by atoms with Gasteiger partial charge in [-0.25, -0.2) is 0 Å². The zero-order valence-electron chi connectivity index (χ0n) is 15.2. The fourth-order valence-electron chi connectivity index (χ4n) is 4.95. The lowest BCUT2D eigenvalue weighted by atomic mass is 9.77. The van der Waals surface area contributed by atoms with E-state index in [0.29, 0.717) is 15.5 Å².